The smallest absolute Gasteiger partial charge is 0.266 e. The molecule has 0 radical (unpaired) electrons. The highest BCUT2D eigenvalue weighted by Gasteiger charge is 2.32. The number of rotatable bonds is 4. The van der Waals surface area contributed by atoms with Gasteiger partial charge in [0, 0.05) is 17.5 Å². The first-order valence-corrected chi connectivity index (χ1v) is 10.0. The molecule has 7 heteroatoms. The molecule has 1 saturated carbocycles. The van der Waals surface area contributed by atoms with E-state index in [0.29, 0.717) is 36.8 Å². The molecule has 0 aromatic heterocycles. The van der Waals surface area contributed by atoms with Crippen molar-refractivity contribution in [1.29, 1.82) is 0 Å². The quantitative estimate of drug-likeness (QED) is 0.411. The van der Waals surface area contributed by atoms with Gasteiger partial charge in [0.15, 0.2) is 23.1 Å². The molecule has 0 spiro atoms. The van der Waals surface area contributed by atoms with E-state index in [-0.39, 0.29) is 47.7 Å². The van der Waals surface area contributed by atoms with Crippen LogP contribution in [0.15, 0.2) is 30.4 Å². The molecular weight excluding hydrogens is 403 g/mol. The fraction of sp³-hybridized carbons (Fsp3) is 0.391. The van der Waals surface area contributed by atoms with Gasteiger partial charge in [-0.3, -0.25) is 0 Å². The van der Waals surface area contributed by atoms with Crippen molar-refractivity contribution in [3.8, 4) is 17.2 Å². The standard InChI is InChI=1S/C23H21F5O2/c1-2-29-17-8-7-14-10-15-11-16(13-5-3-12(4-6-13)9-18(24)25)19(26)21(28)23(15)30-22(14)20(17)27/h7-9,11-13H,2-6,10H2,1H3. The van der Waals surface area contributed by atoms with Gasteiger partial charge in [-0.2, -0.15) is 17.6 Å². The van der Waals surface area contributed by atoms with Gasteiger partial charge in [-0.25, -0.2) is 4.39 Å². The SMILES string of the molecule is CCOc1ccc2c(c1F)Oc1c(cc(C3CCC(C=C(F)F)CC3)c(F)c1F)C2. The zero-order chi connectivity index (χ0) is 21.4. The molecule has 2 aliphatic rings. The predicted molar refractivity (Wildman–Crippen MR) is 102 cm³/mol. The molecule has 0 unspecified atom stereocenters. The third kappa shape index (κ3) is 3.77. The Morgan fingerprint density at radius 1 is 1.00 bits per heavy atom. The van der Waals surface area contributed by atoms with E-state index in [2.05, 4.69) is 0 Å². The molecule has 0 atom stereocenters. The maximum Gasteiger partial charge on any atom is 0.266 e. The predicted octanol–water partition coefficient (Wildman–Crippen LogP) is 7.25. The Labute approximate surface area is 171 Å². The van der Waals surface area contributed by atoms with E-state index in [1.54, 1.807) is 19.1 Å². The van der Waals surface area contributed by atoms with Crippen LogP contribution < -0.4 is 9.47 Å². The topological polar surface area (TPSA) is 18.5 Å². The summed E-state index contributed by atoms with van der Waals surface area (Å²) in [7, 11) is 0. The summed E-state index contributed by atoms with van der Waals surface area (Å²) in [4.78, 5) is 0. The molecule has 1 heterocycles. The van der Waals surface area contributed by atoms with Gasteiger partial charge in [-0.1, -0.05) is 6.07 Å². The van der Waals surface area contributed by atoms with Crippen LogP contribution in [0.1, 0.15) is 55.2 Å². The fourth-order valence-electron chi connectivity index (χ4n) is 4.40. The average Bonchev–Trinajstić information content (AvgIpc) is 2.72. The van der Waals surface area contributed by atoms with E-state index in [4.69, 9.17) is 9.47 Å². The zero-order valence-corrected chi connectivity index (χ0v) is 16.4. The van der Waals surface area contributed by atoms with Crippen molar-refractivity contribution >= 4 is 0 Å². The van der Waals surface area contributed by atoms with Crippen LogP contribution >= 0.6 is 0 Å². The van der Waals surface area contributed by atoms with Crippen LogP contribution in [-0.4, -0.2) is 6.61 Å². The summed E-state index contributed by atoms with van der Waals surface area (Å²) in [6.07, 6.45) is 1.40. The van der Waals surface area contributed by atoms with Crippen LogP contribution in [0.4, 0.5) is 22.0 Å². The summed E-state index contributed by atoms with van der Waals surface area (Å²) in [5.74, 6) is -3.87. The zero-order valence-electron chi connectivity index (χ0n) is 16.4. The van der Waals surface area contributed by atoms with Crippen LogP contribution in [-0.2, 0) is 6.42 Å². The van der Waals surface area contributed by atoms with Gasteiger partial charge >= 0.3 is 0 Å². The Balaban J connectivity index is 1.63. The van der Waals surface area contributed by atoms with E-state index in [1.807, 2.05) is 0 Å². The molecule has 2 nitrogen and oxygen atoms in total. The van der Waals surface area contributed by atoms with E-state index in [0.717, 1.165) is 6.08 Å². The van der Waals surface area contributed by atoms with Gasteiger partial charge in [0.2, 0.25) is 11.6 Å². The molecule has 0 N–H and O–H groups in total. The first kappa shape index (κ1) is 20.7. The lowest BCUT2D eigenvalue weighted by molar-refractivity contribution is 0.309. The Kier molecular flexibility index (Phi) is 5.71. The van der Waals surface area contributed by atoms with E-state index in [1.165, 1.54) is 6.07 Å². The molecular formula is C23H21F5O2. The second-order valence-corrected chi connectivity index (χ2v) is 7.73. The number of hydrogen-bond acceptors (Lipinski definition) is 2. The number of benzene rings is 2. The van der Waals surface area contributed by atoms with Crippen LogP contribution in [0, 0.1) is 23.4 Å². The maximum absolute atomic E-state index is 14.9. The van der Waals surface area contributed by atoms with E-state index in [9.17, 15) is 22.0 Å². The molecule has 0 bridgehead atoms. The van der Waals surface area contributed by atoms with Crippen molar-refractivity contribution in [2.45, 2.75) is 44.9 Å². The summed E-state index contributed by atoms with van der Waals surface area (Å²) in [5.41, 5.74) is 1.19. The second-order valence-electron chi connectivity index (χ2n) is 7.73. The molecule has 2 aromatic carbocycles. The van der Waals surface area contributed by atoms with E-state index >= 15 is 0 Å². The molecule has 2 aromatic rings. The normalized spacial score (nSPS) is 20.1. The van der Waals surface area contributed by atoms with Crippen LogP contribution in [0.3, 0.4) is 0 Å². The average molecular weight is 424 g/mol. The molecule has 30 heavy (non-hydrogen) atoms. The monoisotopic (exact) mass is 424 g/mol. The number of hydrogen-bond donors (Lipinski definition) is 0. The maximum atomic E-state index is 14.9. The fourth-order valence-corrected chi connectivity index (χ4v) is 4.40. The van der Waals surface area contributed by atoms with Crippen LogP contribution in [0.25, 0.3) is 0 Å². The molecule has 4 rings (SSSR count). The summed E-state index contributed by atoms with van der Waals surface area (Å²) in [5, 5.41) is 0. The first-order chi connectivity index (χ1) is 14.4. The minimum Gasteiger partial charge on any atom is -0.491 e. The Bertz CT molecular complexity index is 990. The van der Waals surface area contributed by atoms with Crippen LogP contribution in [0.2, 0.25) is 0 Å². The van der Waals surface area contributed by atoms with Crippen molar-refractivity contribution in [2.24, 2.45) is 5.92 Å². The van der Waals surface area contributed by atoms with Crippen molar-refractivity contribution in [3.05, 3.63) is 64.5 Å². The third-order valence-corrected chi connectivity index (χ3v) is 5.87. The number of fused-ring (bicyclic) bond motifs is 2. The summed E-state index contributed by atoms with van der Waals surface area (Å²) in [6.45, 7) is 1.97. The van der Waals surface area contributed by atoms with Crippen molar-refractivity contribution in [1.82, 2.24) is 0 Å². The van der Waals surface area contributed by atoms with Gasteiger partial charge in [0.05, 0.1) is 6.61 Å². The highest BCUT2D eigenvalue weighted by molar-refractivity contribution is 5.55. The summed E-state index contributed by atoms with van der Waals surface area (Å²) < 4.78 is 79.9. The van der Waals surface area contributed by atoms with Gasteiger partial charge < -0.3 is 9.47 Å². The first-order valence-electron chi connectivity index (χ1n) is 10.0. The lowest BCUT2D eigenvalue weighted by Gasteiger charge is -2.29. The van der Waals surface area contributed by atoms with Crippen LogP contribution in [0.5, 0.6) is 17.2 Å². The minimum absolute atomic E-state index is 0.00674. The number of ether oxygens (including phenoxy) is 2. The Hall–Kier alpha value is -2.57. The summed E-state index contributed by atoms with van der Waals surface area (Å²) >= 11 is 0. The van der Waals surface area contributed by atoms with Crippen molar-refractivity contribution in [2.75, 3.05) is 6.61 Å². The molecule has 1 aliphatic carbocycles. The second kappa shape index (κ2) is 8.28. The van der Waals surface area contributed by atoms with E-state index < -0.39 is 23.5 Å². The molecule has 160 valence electrons. The minimum atomic E-state index is -1.71. The van der Waals surface area contributed by atoms with Gasteiger partial charge in [-0.15, -0.1) is 0 Å². The molecule has 1 fully saturated rings. The lowest BCUT2D eigenvalue weighted by atomic mass is 9.78. The van der Waals surface area contributed by atoms with Gasteiger partial charge in [-0.05, 0) is 68.2 Å². The number of allylic oxidation sites excluding steroid dienone is 1. The Morgan fingerprint density at radius 3 is 2.37 bits per heavy atom. The van der Waals surface area contributed by atoms with Gasteiger partial charge in [0.1, 0.15) is 0 Å². The largest absolute Gasteiger partial charge is 0.491 e. The van der Waals surface area contributed by atoms with Crippen molar-refractivity contribution in [3.63, 3.8) is 0 Å². The third-order valence-electron chi connectivity index (χ3n) is 5.87. The highest BCUT2D eigenvalue weighted by Crippen LogP contribution is 2.46. The molecule has 0 saturated heterocycles. The number of halogens is 5. The molecule has 0 amide bonds. The highest BCUT2D eigenvalue weighted by atomic mass is 19.3. The van der Waals surface area contributed by atoms with Gasteiger partial charge in [0.25, 0.3) is 6.08 Å². The summed E-state index contributed by atoms with van der Waals surface area (Å²) in [6, 6.07) is 4.71. The lowest BCUT2D eigenvalue weighted by Crippen LogP contribution is -2.16. The molecule has 1 aliphatic heterocycles. The Morgan fingerprint density at radius 2 is 1.70 bits per heavy atom. The van der Waals surface area contributed by atoms with Crippen molar-refractivity contribution < 1.29 is 31.4 Å².